The lowest BCUT2D eigenvalue weighted by molar-refractivity contribution is 0.348. The van der Waals surface area contributed by atoms with Crippen LogP contribution < -0.4 is 14.2 Å². The Morgan fingerprint density at radius 1 is 1.06 bits per heavy atom. The molecular formula is C12H15BrO3. The highest BCUT2D eigenvalue weighted by molar-refractivity contribution is 9.09. The lowest BCUT2D eigenvalue weighted by atomic mass is 10.1. The van der Waals surface area contributed by atoms with Crippen molar-refractivity contribution in [2.45, 2.75) is 0 Å². The van der Waals surface area contributed by atoms with Gasteiger partial charge in [-0.1, -0.05) is 22.5 Å². The van der Waals surface area contributed by atoms with E-state index in [2.05, 4.69) is 22.5 Å². The molecular weight excluding hydrogens is 272 g/mol. The van der Waals surface area contributed by atoms with E-state index in [1.165, 1.54) is 0 Å². The van der Waals surface area contributed by atoms with Crippen molar-refractivity contribution in [3.8, 4) is 17.2 Å². The van der Waals surface area contributed by atoms with E-state index >= 15 is 0 Å². The SMILES string of the molecule is C=C(CBr)c1cc(OC)c(OC)cc1OC. The topological polar surface area (TPSA) is 27.7 Å². The lowest BCUT2D eigenvalue weighted by Crippen LogP contribution is -1.97. The Balaban J connectivity index is 3.31. The average Bonchev–Trinajstić information content (AvgIpc) is 2.35. The first kappa shape index (κ1) is 12.9. The van der Waals surface area contributed by atoms with Gasteiger partial charge in [0.2, 0.25) is 0 Å². The fourth-order valence-electron chi connectivity index (χ4n) is 1.38. The quantitative estimate of drug-likeness (QED) is 0.779. The zero-order valence-corrected chi connectivity index (χ0v) is 11.3. The molecule has 0 fully saturated rings. The molecule has 0 aliphatic carbocycles. The zero-order chi connectivity index (χ0) is 12.1. The molecule has 0 N–H and O–H groups in total. The van der Waals surface area contributed by atoms with Crippen LogP contribution in [0, 0.1) is 0 Å². The van der Waals surface area contributed by atoms with Crippen molar-refractivity contribution < 1.29 is 14.2 Å². The van der Waals surface area contributed by atoms with Crippen LogP contribution in [-0.4, -0.2) is 26.7 Å². The summed E-state index contributed by atoms with van der Waals surface area (Å²) in [5.74, 6) is 2.04. The number of hydrogen-bond donors (Lipinski definition) is 0. The molecule has 0 aliphatic rings. The molecule has 1 rings (SSSR count). The first-order valence-corrected chi connectivity index (χ1v) is 5.84. The Morgan fingerprint density at radius 3 is 2.00 bits per heavy atom. The van der Waals surface area contributed by atoms with E-state index in [9.17, 15) is 0 Å². The van der Waals surface area contributed by atoms with Crippen LogP contribution in [0.3, 0.4) is 0 Å². The molecule has 0 bridgehead atoms. The third kappa shape index (κ3) is 2.50. The van der Waals surface area contributed by atoms with Crippen LogP contribution in [0.15, 0.2) is 18.7 Å². The van der Waals surface area contributed by atoms with Crippen molar-refractivity contribution >= 4 is 21.5 Å². The Labute approximate surface area is 104 Å². The first-order valence-electron chi connectivity index (χ1n) is 4.72. The Hall–Kier alpha value is -1.16. The second kappa shape index (κ2) is 5.80. The first-order chi connectivity index (χ1) is 7.67. The van der Waals surface area contributed by atoms with Crippen LogP contribution in [0.4, 0.5) is 0 Å². The third-order valence-electron chi connectivity index (χ3n) is 2.25. The van der Waals surface area contributed by atoms with Gasteiger partial charge in [-0.2, -0.15) is 0 Å². The molecule has 0 saturated heterocycles. The second-order valence-electron chi connectivity index (χ2n) is 3.14. The Bertz CT molecular complexity index is 388. The fourth-order valence-corrected chi connectivity index (χ4v) is 1.68. The standard InChI is InChI=1S/C12H15BrO3/c1-8(7-13)9-5-11(15-3)12(16-4)6-10(9)14-2/h5-6H,1,7H2,2-4H3. The highest BCUT2D eigenvalue weighted by atomic mass is 79.9. The minimum atomic E-state index is 0.644. The van der Waals surface area contributed by atoms with Crippen LogP contribution >= 0.6 is 15.9 Å². The normalized spacial score (nSPS) is 9.75. The van der Waals surface area contributed by atoms with E-state index in [0.717, 1.165) is 16.9 Å². The molecule has 0 aromatic heterocycles. The molecule has 88 valence electrons. The summed E-state index contributed by atoms with van der Waals surface area (Å²) in [6, 6.07) is 3.66. The molecule has 0 radical (unpaired) electrons. The van der Waals surface area contributed by atoms with Gasteiger partial charge in [0.05, 0.1) is 21.3 Å². The van der Waals surface area contributed by atoms with Crippen molar-refractivity contribution in [2.24, 2.45) is 0 Å². The molecule has 1 aromatic rings. The van der Waals surface area contributed by atoms with Gasteiger partial charge in [0, 0.05) is 17.0 Å². The maximum atomic E-state index is 5.29. The van der Waals surface area contributed by atoms with E-state index in [1.54, 1.807) is 27.4 Å². The molecule has 0 heterocycles. The monoisotopic (exact) mass is 286 g/mol. The van der Waals surface area contributed by atoms with E-state index in [4.69, 9.17) is 14.2 Å². The van der Waals surface area contributed by atoms with E-state index in [1.807, 2.05) is 6.07 Å². The summed E-state index contributed by atoms with van der Waals surface area (Å²) in [5.41, 5.74) is 1.84. The van der Waals surface area contributed by atoms with Gasteiger partial charge in [0.1, 0.15) is 5.75 Å². The summed E-state index contributed by atoms with van der Waals surface area (Å²) in [5, 5.41) is 0.679. The van der Waals surface area contributed by atoms with Crippen LogP contribution in [0.1, 0.15) is 5.56 Å². The van der Waals surface area contributed by atoms with Gasteiger partial charge >= 0.3 is 0 Å². The number of methoxy groups -OCH3 is 3. The van der Waals surface area contributed by atoms with Gasteiger partial charge in [0.25, 0.3) is 0 Å². The number of alkyl halides is 1. The summed E-state index contributed by atoms with van der Waals surface area (Å²) in [6.07, 6.45) is 0. The van der Waals surface area contributed by atoms with Crippen LogP contribution in [0.2, 0.25) is 0 Å². The Kier molecular flexibility index (Phi) is 4.68. The van der Waals surface area contributed by atoms with E-state index < -0.39 is 0 Å². The zero-order valence-electron chi connectivity index (χ0n) is 9.67. The van der Waals surface area contributed by atoms with Gasteiger partial charge in [-0.3, -0.25) is 0 Å². The van der Waals surface area contributed by atoms with Crippen LogP contribution in [0.25, 0.3) is 5.57 Å². The number of benzene rings is 1. The number of halogens is 1. The number of hydrogen-bond acceptors (Lipinski definition) is 3. The summed E-state index contributed by atoms with van der Waals surface area (Å²) in [7, 11) is 4.81. The van der Waals surface area contributed by atoms with Crippen LogP contribution in [-0.2, 0) is 0 Å². The van der Waals surface area contributed by atoms with Gasteiger partial charge in [0.15, 0.2) is 11.5 Å². The molecule has 0 spiro atoms. The van der Waals surface area contributed by atoms with Crippen molar-refractivity contribution in [1.29, 1.82) is 0 Å². The molecule has 0 unspecified atom stereocenters. The number of rotatable bonds is 5. The fraction of sp³-hybridized carbons (Fsp3) is 0.333. The highest BCUT2D eigenvalue weighted by Gasteiger charge is 2.13. The van der Waals surface area contributed by atoms with E-state index in [-0.39, 0.29) is 0 Å². The summed E-state index contributed by atoms with van der Waals surface area (Å²) < 4.78 is 15.7. The molecule has 0 saturated carbocycles. The molecule has 0 amide bonds. The van der Waals surface area contributed by atoms with Crippen molar-refractivity contribution in [2.75, 3.05) is 26.7 Å². The highest BCUT2D eigenvalue weighted by Crippen LogP contribution is 2.37. The average molecular weight is 287 g/mol. The predicted octanol–water partition coefficient (Wildman–Crippen LogP) is 3.12. The van der Waals surface area contributed by atoms with E-state index in [0.29, 0.717) is 16.8 Å². The summed E-state index contributed by atoms with van der Waals surface area (Å²) in [4.78, 5) is 0. The maximum Gasteiger partial charge on any atom is 0.164 e. The van der Waals surface area contributed by atoms with Gasteiger partial charge < -0.3 is 14.2 Å². The largest absolute Gasteiger partial charge is 0.496 e. The number of allylic oxidation sites excluding steroid dienone is 1. The molecule has 16 heavy (non-hydrogen) atoms. The van der Waals surface area contributed by atoms with Crippen molar-refractivity contribution in [3.05, 3.63) is 24.3 Å². The minimum absolute atomic E-state index is 0.644. The predicted molar refractivity (Wildman–Crippen MR) is 68.9 cm³/mol. The summed E-state index contributed by atoms with van der Waals surface area (Å²) >= 11 is 3.37. The summed E-state index contributed by atoms with van der Waals surface area (Å²) in [6.45, 7) is 3.96. The van der Waals surface area contributed by atoms with Crippen LogP contribution in [0.5, 0.6) is 17.2 Å². The molecule has 0 atom stereocenters. The molecule has 3 nitrogen and oxygen atoms in total. The lowest BCUT2D eigenvalue weighted by Gasteiger charge is -2.14. The third-order valence-corrected chi connectivity index (χ3v) is 2.92. The van der Waals surface area contributed by atoms with Gasteiger partial charge in [-0.25, -0.2) is 0 Å². The molecule has 0 aliphatic heterocycles. The molecule has 1 aromatic carbocycles. The van der Waals surface area contributed by atoms with Gasteiger partial charge in [-0.15, -0.1) is 0 Å². The van der Waals surface area contributed by atoms with Gasteiger partial charge in [-0.05, 0) is 11.6 Å². The maximum absolute atomic E-state index is 5.29. The van der Waals surface area contributed by atoms with Crippen molar-refractivity contribution in [3.63, 3.8) is 0 Å². The smallest absolute Gasteiger partial charge is 0.164 e. The Morgan fingerprint density at radius 2 is 1.56 bits per heavy atom. The van der Waals surface area contributed by atoms with Crippen molar-refractivity contribution in [1.82, 2.24) is 0 Å². The minimum Gasteiger partial charge on any atom is -0.496 e. The second-order valence-corrected chi connectivity index (χ2v) is 3.71. The number of ether oxygens (including phenoxy) is 3. The molecule has 4 heteroatoms.